The van der Waals surface area contributed by atoms with Crippen LogP contribution in [0.5, 0.6) is 0 Å². The van der Waals surface area contributed by atoms with Gasteiger partial charge in [-0.3, -0.25) is 4.79 Å². The lowest BCUT2D eigenvalue weighted by Gasteiger charge is -2.17. The number of hydrogen-bond acceptors (Lipinski definition) is 3. The number of thioether (sulfide) groups is 1. The molecule has 0 saturated heterocycles. The fourth-order valence-corrected chi connectivity index (χ4v) is 3.29. The van der Waals surface area contributed by atoms with Gasteiger partial charge in [0.25, 0.3) is 0 Å². The minimum atomic E-state index is -0.364. The molecule has 0 aliphatic carbocycles. The van der Waals surface area contributed by atoms with E-state index in [4.69, 9.17) is 5.73 Å². The van der Waals surface area contributed by atoms with Crippen LogP contribution in [0.1, 0.15) is 5.56 Å². The Bertz CT molecular complexity index is 690. The molecular weight excluding hydrogens is 287 g/mol. The van der Waals surface area contributed by atoms with Gasteiger partial charge in [-0.1, -0.05) is 18.2 Å². The van der Waals surface area contributed by atoms with E-state index in [9.17, 15) is 9.18 Å². The van der Waals surface area contributed by atoms with Gasteiger partial charge < -0.3 is 10.6 Å². The standard InChI is InChI=1S/C16H15FN2OS/c17-12-5-6-15(13(18)9-12)21-10-16(20)19-8-7-11-3-1-2-4-14(11)19/h1-6,9H,7-8,10,18H2. The van der Waals surface area contributed by atoms with Gasteiger partial charge in [-0.15, -0.1) is 11.8 Å². The average Bonchev–Trinajstić information content (AvgIpc) is 2.90. The molecule has 0 aromatic heterocycles. The Balaban J connectivity index is 1.68. The quantitative estimate of drug-likeness (QED) is 0.700. The van der Waals surface area contributed by atoms with E-state index in [1.54, 1.807) is 6.07 Å². The third kappa shape index (κ3) is 2.88. The highest BCUT2D eigenvalue weighted by atomic mass is 32.2. The molecule has 2 aromatic rings. The van der Waals surface area contributed by atoms with Crippen molar-refractivity contribution < 1.29 is 9.18 Å². The van der Waals surface area contributed by atoms with Crippen molar-refractivity contribution >= 4 is 29.0 Å². The van der Waals surface area contributed by atoms with E-state index in [0.29, 0.717) is 11.4 Å². The van der Waals surface area contributed by atoms with E-state index in [1.807, 2.05) is 29.2 Å². The highest BCUT2D eigenvalue weighted by molar-refractivity contribution is 8.00. The zero-order valence-electron chi connectivity index (χ0n) is 11.4. The van der Waals surface area contributed by atoms with E-state index in [1.165, 1.54) is 29.5 Å². The van der Waals surface area contributed by atoms with Gasteiger partial charge in [0.05, 0.1) is 5.75 Å². The van der Waals surface area contributed by atoms with Crippen molar-refractivity contribution in [1.29, 1.82) is 0 Å². The molecule has 108 valence electrons. The topological polar surface area (TPSA) is 46.3 Å². The summed E-state index contributed by atoms with van der Waals surface area (Å²) in [6.45, 7) is 0.720. The lowest BCUT2D eigenvalue weighted by molar-refractivity contribution is -0.116. The summed E-state index contributed by atoms with van der Waals surface area (Å²) >= 11 is 1.34. The molecule has 1 aliphatic rings. The number of carbonyl (C=O) groups excluding carboxylic acids is 1. The Hall–Kier alpha value is -2.01. The number of anilines is 2. The maximum absolute atomic E-state index is 13.0. The molecule has 1 aliphatic heterocycles. The van der Waals surface area contributed by atoms with E-state index in [2.05, 4.69) is 0 Å². The largest absolute Gasteiger partial charge is 0.398 e. The third-order valence-corrected chi connectivity index (χ3v) is 4.59. The van der Waals surface area contributed by atoms with Crippen molar-refractivity contribution in [2.45, 2.75) is 11.3 Å². The van der Waals surface area contributed by atoms with Crippen LogP contribution in [-0.2, 0) is 11.2 Å². The Labute approximate surface area is 126 Å². The van der Waals surface area contributed by atoms with Crippen LogP contribution in [0.25, 0.3) is 0 Å². The lowest BCUT2D eigenvalue weighted by atomic mass is 10.2. The fraction of sp³-hybridized carbons (Fsp3) is 0.188. The van der Waals surface area contributed by atoms with Gasteiger partial charge in [0.15, 0.2) is 0 Å². The molecule has 3 nitrogen and oxygen atoms in total. The number of benzene rings is 2. The van der Waals surface area contributed by atoms with Gasteiger partial charge in [0, 0.05) is 22.8 Å². The van der Waals surface area contributed by atoms with Crippen molar-refractivity contribution in [3.05, 3.63) is 53.8 Å². The summed E-state index contributed by atoms with van der Waals surface area (Å²) in [6, 6.07) is 12.2. The van der Waals surface area contributed by atoms with Crippen molar-refractivity contribution in [3.63, 3.8) is 0 Å². The second-order valence-electron chi connectivity index (χ2n) is 4.89. The Kier molecular flexibility index (Phi) is 3.84. The molecule has 0 radical (unpaired) electrons. The average molecular weight is 302 g/mol. The number of halogens is 1. The molecule has 0 saturated carbocycles. The molecule has 0 atom stereocenters. The molecular formula is C16H15FN2OS. The number of amides is 1. The number of fused-ring (bicyclic) bond motifs is 1. The second-order valence-corrected chi connectivity index (χ2v) is 5.91. The maximum atomic E-state index is 13.0. The summed E-state index contributed by atoms with van der Waals surface area (Å²) in [5.74, 6) is -0.0187. The zero-order valence-corrected chi connectivity index (χ0v) is 12.2. The molecule has 0 bridgehead atoms. The molecule has 0 spiro atoms. The number of nitrogens with zero attached hydrogens (tertiary/aromatic N) is 1. The van der Waals surface area contributed by atoms with E-state index in [0.717, 1.165) is 23.5 Å². The SMILES string of the molecule is Nc1cc(F)ccc1SCC(=O)N1CCc2ccccc21. The van der Waals surface area contributed by atoms with Crippen molar-refractivity contribution in [1.82, 2.24) is 0 Å². The third-order valence-electron chi connectivity index (χ3n) is 3.51. The van der Waals surface area contributed by atoms with Gasteiger partial charge >= 0.3 is 0 Å². The molecule has 3 rings (SSSR count). The number of para-hydroxylation sites is 1. The van der Waals surface area contributed by atoms with Crippen molar-refractivity contribution in [3.8, 4) is 0 Å². The molecule has 21 heavy (non-hydrogen) atoms. The number of rotatable bonds is 3. The first kappa shape index (κ1) is 13.9. The highest BCUT2D eigenvalue weighted by Crippen LogP contribution is 2.30. The summed E-state index contributed by atoms with van der Waals surface area (Å²) in [6.07, 6.45) is 0.894. The summed E-state index contributed by atoms with van der Waals surface area (Å²) in [5, 5.41) is 0. The van der Waals surface area contributed by atoms with Crippen LogP contribution in [0.4, 0.5) is 15.8 Å². The van der Waals surface area contributed by atoms with Gasteiger partial charge in [0.2, 0.25) is 5.91 Å². The van der Waals surface area contributed by atoms with Crippen LogP contribution in [0.15, 0.2) is 47.4 Å². The van der Waals surface area contributed by atoms with Crippen LogP contribution in [0.2, 0.25) is 0 Å². The molecule has 0 unspecified atom stereocenters. The lowest BCUT2D eigenvalue weighted by Crippen LogP contribution is -2.30. The minimum Gasteiger partial charge on any atom is -0.398 e. The predicted molar refractivity (Wildman–Crippen MR) is 84.0 cm³/mol. The van der Waals surface area contributed by atoms with Crippen LogP contribution >= 0.6 is 11.8 Å². The van der Waals surface area contributed by atoms with E-state index < -0.39 is 0 Å². The summed E-state index contributed by atoms with van der Waals surface area (Å²) < 4.78 is 13.0. The Morgan fingerprint density at radius 3 is 2.90 bits per heavy atom. The van der Waals surface area contributed by atoms with Crippen molar-refractivity contribution in [2.75, 3.05) is 22.9 Å². The van der Waals surface area contributed by atoms with Gasteiger partial charge in [-0.2, -0.15) is 0 Å². The predicted octanol–water partition coefficient (Wildman–Crippen LogP) is 3.09. The van der Waals surface area contributed by atoms with Gasteiger partial charge in [-0.05, 0) is 36.2 Å². The first-order valence-electron chi connectivity index (χ1n) is 6.71. The van der Waals surface area contributed by atoms with E-state index in [-0.39, 0.29) is 11.7 Å². The Morgan fingerprint density at radius 2 is 2.10 bits per heavy atom. The van der Waals surface area contributed by atoms with Crippen LogP contribution in [0, 0.1) is 5.82 Å². The number of hydrogen-bond donors (Lipinski definition) is 1. The normalized spacial score (nSPS) is 13.3. The number of carbonyl (C=O) groups is 1. The molecule has 1 heterocycles. The van der Waals surface area contributed by atoms with Crippen molar-refractivity contribution in [2.24, 2.45) is 0 Å². The highest BCUT2D eigenvalue weighted by Gasteiger charge is 2.23. The maximum Gasteiger partial charge on any atom is 0.237 e. The van der Waals surface area contributed by atoms with E-state index >= 15 is 0 Å². The first-order chi connectivity index (χ1) is 10.1. The second kappa shape index (κ2) is 5.77. The van der Waals surface area contributed by atoms with Crippen LogP contribution < -0.4 is 10.6 Å². The molecule has 2 N–H and O–H groups in total. The van der Waals surface area contributed by atoms with Gasteiger partial charge in [0.1, 0.15) is 5.82 Å². The fourth-order valence-electron chi connectivity index (χ4n) is 2.47. The Morgan fingerprint density at radius 1 is 1.29 bits per heavy atom. The number of nitrogen functional groups attached to an aromatic ring is 1. The molecule has 2 aromatic carbocycles. The van der Waals surface area contributed by atoms with Crippen LogP contribution in [-0.4, -0.2) is 18.2 Å². The smallest absolute Gasteiger partial charge is 0.237 e. The van der Waals surface area contributed by atoms with Gasteiger partial charge in [-0.25, -0.2) is 4.39 Å². The zero-order chi connectivity index (χ0) is 14.8. The summed E-state index contributed by atoms with van der Waals surface area (Å²) in [4.78, 5) is 14.9. The number of nitrogens with two attached hydrogens (primary N) is 1. The molecule has 5 heteroatoms. The molecule has 1 amide bonds. The summed E-state index contributed by atoms with van der Waals surface area (Å²) in [7, 11) is 0. The first-order valence-corrected chi connectivity index (χ1v) is 7.70. The molecule has 0 fully saturated rings. The summed E-state index contributed by atoms with van der Waals surface area (Å²) in [5.41, 5.74) is 8.32. The van der Waals surface area contributed by atoms with Crippen LogP contribution in [0.3, 0.4) is 0 Å². The minimum absolute atomic E-state index is 0.0497. The monoisotopic (exact) mass is 302 g/mol.